The Morgan fingerprint density at radius 1 is 0.929 bits per heavy atom. The first-order valence-corrected chi connectivity index (χ1v) is 5.12. The van der Waals surface area contributed by atoms with Crippen LogP contribution in [0.5, 0.6) is 0 Å². The van der Waals surface area contributed by atoms with Crippen LogP contribution in [0.4, 0.5) is 0 Å². The molecule has 0 heterocycles. The van der Waals surface area contributed by atoms with Crippen LogP contribution in [0.1, 0.15) is 6.92 Å². The van der Waals surface area contributed by atoms with E-state index in [1.165, 1.54) is 0 Å². The molecule has 0 atom stereocenters. The highest BCUT2D eigenvalue weighted by Gasteiger charge is 2.01. The Labute approximate surface area is 87.5 Å². The fourth-order valence-electron chi connectivity index (χ4n) is 0.992. The second kappa shape index (κ2) is 7.76. The summed E-state index contributed by atoms with van der Waals surface area (Å²) in [6.07, 6.45) is 0.867. The normalized spacial score (nSPS) is 11.0. The fraction of sp³-hybridized carbons (Fsp3) is 0.900. The summed E-state index contributed by atoms with van der Waals surface area (Å²) >= 11 is 0. The molecule has 0 rings (SSSR count). The molecule has 0 aromatic rings. The van der Waals surface area contributed by atoms with Crippen molar-refractivity contribution < 1.29 is 4.79 Å². The van der Waals surface area contributed by atoms with Gasteiger partial charge in [0.15, 0.2) is 0 Å². The van der Waals surface area contributed by atoms with Crippen LogP contribution in [0.15, 0.2) is 0 Å². The summed E-state index contributed by atoms with van der Waals surface area (Å²) in [6.45, 7) is 7.11. The predicted octanol–water partition coefficient (Wildman–Crippen LogP) is -0.0419. The van der Waals surface area contributed by atoms with Crippen LogP contribution < -0.4 is 0 Å². The molecule has 0 spiro atoms. The van der Waals surface area contributed by atoms with E-state index in [-0.39, 0.29) is 0 Å². The largest absolute Gasteiger partial charge is 0.347 e. The van der Waals surface area contributed by atoms with Gasteiger partial charge in [0.05, 0.1) is 0 Å². The zero-order chi connectivity index (χ0) is 11.0. The monoisotopic (exact) mass is 201 g/mol. The van der Waals surface area contributed by atoms with E-state index in [1.807, 2.05) is 0 Å². The molecule has 0 fully saturated rings. The highest BCUT2D eigenvalue weighted by atomic mass is 16.1. The van der Waals surface area contributed by atoms with Gasteiger partial charge in [-0.2, -0.15) is 0 Å². The minimum atomic E-state index is 0.801. The Bertz CT molecular complexity index is 152. The number of nitrogens with zero attached hydrogens (tertiary/aromatic N) is 3. The molecule has 0 radical (unpaired) electrons. The molecular weight excluding hydrogens is 178 g/mol. The van der Waals surface area contributed by atoms with Crippen molar-refractivity contribution in [2.24, 2.45) is 0 Å². The van der Waals surface area contributed by atoms with Crippen molar-refractivity contribution >= 4 is 6.41 Å². The minimum absolute atomic E-state index is 0.801. The molecule has 0 saturated carbocycles. The average Bonchev–Trinajstić information content (AvgIpc) is 2.22. The Morgan fingerprint density at radius 3 is 1.93 bits per heavy atom. The summed E-state index contributed by atoms with van der Waals surface area (Å²) in [4.78, 5) is 16.5. The molecule has 0 aliphatic carbocycles. The SMILES string of the molecule is CCN(C)CCN(C)CCN(C)C=O. The molecular formula is C10H23N3O. The molecule has 0 aliphatic rings. The number of carbonyl (C=O) groups is 1. The molecule has 0 bridgehead atoms. The van der Waals surface area contributed by atoms with Gasteiger partial charge in [0, 0.05) is 33.2 Å². The first-order chi connectivity index (χ1) is 6.60. The smallest absolute Gasteiger partial charge is 0.209 e. The Hall–Kier alpha value is -0.610. The quantitative estimate of drug-likeness (QED) is 0.516. The summed E-state index contributed by atoms with van der Waals surface area (Å²) in [5, 5.41) is 0. The van der Waals surface area contributed by atoms with Crippen LogP contribution in [0.3, 0.4) is 0 Å². The van der Waals surface area contributed by atoms with Gasteiger partial charge in [-0.05, 0) is 20.6 Å². The van der Waals surface area contributed by atoms with Crippen molar-refractivity contribution in [2.75, 3.05) is 53.9 Å². The third-order valence-electron chi connectivity index (χ3n) is 2.42. The van der Waals surface area contributed by atoms with Crippen molar-refractivity contribution in [1.29, 1.82) is 0 Å². The van der Waals surface area contributed by atoms with E-state index in [0.29, 0.717) is 0 Å². The summed E-state index contributed by atoms with van der Waals surface area (Å²) in [7, 11) is 6.01. The fourth-order valence-corrected chi connectivity index (χ4v) is 0.992. The van der Waals surface area contributed by atoms with Gasteiger partial charge in [0.2, 0.25) is 6.41 Å². The third-order valence-corrected chi connectivity index (χ3v) is 2.42. The zero-order valence-corrected chi connectivity index (χ0v) is 9.86. The maximum absolute atomic E-state index is 10.3. The highest BCUT2D eigenvalue weighted by Crippen LogP contribution is 1.87. The third kappa shape index (κ3) is 6.86. The number of rotatable bonds is 8. The van der Waals surface area contributed by atoms with Crippen molar-refractivity contribution in [2.45, 2.75) is 6.92 Å². The van der Waals surface area contributed by atoms with Crippen LogP contribution >= 0.6 is 0 Å². The number of amides is 1. The lowest BCUT2D eigenvalue weighted by atomic mass is 10.4. The number of hydrogen-bond donors (Lipinski definition) is 0. The van der Waals surface area contributed by atoms with Gasteiger partial charge in [0.1, 0.15) is 0 Å². The van der Waals surface area contributed by atoms with Crippen molar-refractivity contribution in [3.63, 3.8) is 0 Å². The minimum Gasteiger partial charge on any atom is -0.347 e. The van der Waals surface area contributed by atoms with Crippen LogP contribution in [-0.4, -0.2) is 75.0 Å². The number of hydrogen-bond acceptors (Lipinski definition) is 3. The molecule has 1 amide bonds. The van der Waals surface area contributed by atoms with Gasteiger partial charge >= 0.3 is 0 Å². The predicted molar refractivity (Wildman–Crippen MR) is 59.4 cm³/mol. The molecule has 14 heavy (non-hydrogen) atoms. The van der Waals surface area contributed by atoms with Crippen molar-refractivity contribution in [1.82, 2.24) is 14.7 Å². The molecule has 0 N–H and O–H groups in total. The molecule has 4 nitrogen and oxygen atoms in total. The van der Waals surface area contributed by atoms with Crippen LogP contribution in [0.25, 0.3) is 0 Å². The van der Waals surface area contributed by atoms with E-state index >= 15 is 0 Å². The lowest BCUT2D eigenvalue weighted by Gasteiger charge is -2.22. The Morgan fingerprint density at radius 2 is 1.43 bits per heavy atom. The average molecular weight is 201 g/mol. The molecule has 0 saturated heterocycles. The van der Waals surface area contributed by atoms with Gasteiger partial charge in [0.25, 0.3) is 0 Å². The second-order valence-electron chi connectivity index (χ2n) is 3.79. The van der Waals surface area contributed by atoms with Crippen molar-refractivity contribution in [3.05, 3.63) is 0 Å². The zero-order valence-electron chi connectivity index (χ0n) is 9.86. The molecule has 0 aliphatic heterocycles. The van der Waals surface area contributed by atoms with Gasteiger partial charge in [-0.15, -0.1) is 0 Å². The first-order valence-electron chi connectivity index (χ1n) is 5.12. The van der Waals surface area contributed by atoms with Crippen molar-refractivity contribution in [3.8, 4) is 0 Å². The summed E-state index contributed by atoms with van der Waals surface area (Å²) in [6, 6.07) is 0. The van der Waals surface area contributed by atoms with E-state index in [4.69, 9.17) is 0 Å². The maximum Gasteiger partial charge on any atom is 0.209 e. The van der Waals surface area contributed by atoms with E-state index in [2.05, 4.69) is 30.8 Å². The van der Waals surface area contributed by atoms with Crippen LogP contribution in [0, 0.1) is 0 Å². The summed E-state index contributed by atoms with van der Waals surface area (Å²) in [5.74, 6) is 0. The number of carbonyl (C=O) groups excluding carboxylic acids is 1. The molecule has 4 heteroatoms. The van der Waals surface area contributed by atoms with Gasteiger partial charge in [-0.25, -0.2) is 0 Å². The lowest BCUT2D eigenvalue weighted by Crippen LogP contribution is -2.35. The van der Waals surface area contributed by atoms with Gasteiger partial charge in [-0.3, -0.25) is 4.79 Å². The van der Waals surface area contributed by atoms with E-state index in [0.717, 1.165) is 39.1 Å². The maximum atomic E-state index is 10.3. The van der Waals surface area contributed by atoms with E-state index in [9.17, 15) is 4.79 Å². The molecule has 0 unspecified atom stereocenters. The Balaban J connectivity index is 3.45. The van der Waals surface area contributed by atoms with Crippen LogP contribution in [0.2, 0.25) is 0 Å². The second-order valence-corrected chi connectivity index (χ2v) is 3.79. The molecule has 0 aromatic heterocycles. The van der Waals surface area contributed by atoms with Gasteiger partial charge < -0.3 is 14.7 Å². The topological polar surface area (TPSA) is 26.8 Å². The standard InChI is InChI=1S/C10H23N3O/c1-5-11(2)6-7-12(3)8-9-13(4)10-14/h10H,5-9H2,1-4H3. The summed E-state index contributed by atoms with van der Waals surface area (Å²) in [5.41, 5.74) is 0. The highest BCUT2D eigenvalue weighted by molar-refractivity contribution is 5.46. The van der Waals surface area contributed by atoms with E-state index in [1.54, 1.807) is 11.9 Å². The Kier molecular flexibility index (Phi) is 7.42. The summed E-state index contributed by atoms with van der Waals surface area (Å²) < 4.78 is 0. The van der Waals surface area contributed by atoms with Crippen LogP contribution in [-0.2, 0) is 4.79 Å². The number of likely N-dealkylation sites (N-methyl/N-ethyl adjacent to an activating group) is 3. The van der Waals surface area contributed by atoms with Gasteiger partial charge in [-0.1, -0.05) is 6.92 Å². The van der Waals surface area contributed by atoms with E-state index < -0.39 is 0 Å². The molecule has 0 aromatic carbocycles. The first kappa shape index (κ1) is 13.4. The molecule has 84 valence electrons. The lowest BCUT2D eigenvalue weighted by molar-refractivity contribution is -0.117.